The first-order valence-corrected chi connectivity index (χ1v) is 4.48. The number of nitrogens with zero attached hydrogens (tertiary/aromatic N) is 1. The molecular weight excluding hydrogens is 148 g/mol. The zero-order valence-electron chi connectivity index (χ0n) is 7.33. The van der Waals surface area contributed by atoms with Crippen molar-refractivity contribution < 1.29 is 0 Å². The van der Waals surface area contributed by atoms with Crippen molar-refractivity contribution in [2.45, 2.75) is 25.9 Å². The topological polar surface area (TPSA) is 24.9 Å². The molecule has 1 heterocycles. The van der Waals surface area contributed by atoms with Crippen LogP contribution >= 0.6 is 0 Å². The van der Waals surface area contributed by atoms with Gasteiger partial charge < -0.3 is 5.32 Å². The molecule has 1 aliphatic carbocycles. The molecule has 1 saturated carbocycles. The highest BCUT2D eigenvalue weighted by molar-refractivity contribution is 5.09. The molecule has 0 amide bonds. The van der Waals surface area contributed by atoms with E-state index in [9.17, 15) is 0 Å². The Hall–Kier alpha value is -0.890. The number of hydrogen-bond donors (Lipinski definition) is 1. The molecule has 1 N–H and O–H groups in total. The van der Waals surface area contributed by atoms with Crippen molar-refractivity contribution in [3.63, 3.8) is 0 Å². The average Bonchev–Trinajstić information content (AvgIpc) is 2.81. The van der Waals surface area contributed by atoms with Crippen molar-refractivity contribution >= 4 is 0 Å². The monoisotopic (exact) mass is 162 g/mol. The van der Waals surface area contributed by atoms with Gasteiger partial charge in [-0.05, 0) is 30.0 Å². The van der Waals surface area contributed by atoms with E-state index in [-0.39, 0.29) is 0 Å². The molecule has 64 valence electrons. The van der Waals surface area contributed by atoms with Crippen LogP contribution in [0, 0.1) is 5.92 Å². The van der Waals surface area contributed by atoms with Crippen LogP contribution in [-0.2, 0) is 6.54 Å². The lowest BCUT2D eigenvalue weighted by molar-refractivity contribution is 0.652. The minimum absolute atomic E-state index is 0.762. The van der Waals surface area contributed by atoms with Crippen LogP contribution in [-0.4, -0.2) is 11.0 Å². The van der Waals surface area contributed by atoms with Crippen LogP contribution in [0.1, 0.15) is 18.9 Å². The van der Waals surface area contributed by atoms with Crippen molar-refractivity contribution in [1.82, 2.24) is 10.3 Å². The second kappa shape index (κ2) is 3.23. The van der Waals surface area contributed by atoms with Crippen molar-refractivity contribution in [2.24, 2.45) is 5.92 Å². The van der Waals surface area contributed by atoms with Crippen molar-refractivity contribution in [2.75, 3.05) is 0 Å². The van der Waals surface area contributed by atoms with E-state index in [0.29, 0.717) is 0 Å². The van der Waals surface area contributed by atoms with Crippen LogP contribution in [0.4, 0.5) is 0 Å². The Morgan fingerprint density at radius 1 is 1.50 bits per heavy atom. The third-order valence-electron chi connectivity index (χ3n) is 2.43. The van der Waals surface area contributed by atoms with Gasteiger partial charge in [0.05, 0.1) is 0 Å². The standard InChI is InChI=1S/C10H14N2/c1-8-6-10(8)12-7-9-2-4-11-5-3-9/h2-5,8,10,12H,6-7H2,1H3. The molecule has 0 aromatic carbocycles. The van der Waals surface area contributed by atoms with Gasteiger partial charge in [0.25, 0.3) is 0 Å². The highest BCUT2D eigenvalue weighted by Crippen LogP contribution is 2.29. The number of pyridine rings is 1. The van der Waals surface area contributed by atoms with E-state index < -0.39 is 0 Å². The zero-order chi connectivity index (χ0) is 8.39. The second-order valence-corrected chi connectivity index (χ2v) is 3.56. The maximum Gasteiger partial charge on any atom is 0.0271 e. The van der Waals surface area contributed by atoms with Crippen LogP contribution in [0.2, 0.25) is 0 Å². The van der Waals surface area contributed by atoms with Crippen molar-refractivity contribution in [3.05, 3.63) is 30.1 Å². The van der Waals surface area contributed by atoms with Gasteiger partial charge in [-0.3, -0.25) is 4.98 Å². The van der Waals surface area contributed by atoms with Crippen LogP contribution in [0.3, 0.4) is 0 Å². The van der Waals surface area contributed by atoms with Crippen LogP contribution < -0.4 is 5.32 Å². The molecule has 0 aliphatic heterocycles. The first-order chi connectivity index (χ1) is 5.86. The lowest BCUT2D eigenvalue weighted by Gasteiger charge is -2.01. The predicted octanol–water partition coefficient (Wildman–Crippen LogP) is 1.58. The minimum atomic E-state index is 0.762. The summed E-state index contributed by atoms with van der Waals surface area (Å²) in [6.07, 6.45) is 5.02. The Labute approximate surface area is 73.0 Å². The highest BCUT2D eigenvalue weighted by atomic mass is 15.0. The third kappa shape index (κ3) is 1.83. The minimum Gasteiger partial charge on any atom is -0.310 e. The summed E-state index contributed by atoms with van der Waals surface area (Å²) in [5, 5.41) is 3.49. The zero-order valence-corrected chi connectivity index (χ0v) is 7.33. The van der Waals surface area contributed by atoms with Gasteiger partial charge >= 0.3 is 0 Å². The van der Waals surface area contributed by atoms with E-state index in [4.69, 9.17) is 0 Å². The average molecular weight is 162 g/mol. The maximum atomic E-state index is 3.98. The third-order valence-corrected chi connectivity index (χ3v) is 2.43. The molecule has 1 aliphatic rings. The van der Waals surface area contributed by atoms with E-state index in [1.807, 2.05) is 12.4 Å². The van der Waals surface area contributed by atoms with Gasteiger partial charge in [0, 0.05) is 25.0 Å². The summed E-state index contributed by atoms with van der Waals surface area (Å²) in [4.78, 5) is 3.98. The van der Waals surface area contributed by atoms with Gasteiger partial charge in [0.1, 0.15) is 0 Å². The number of rotatable bonds is 3. The van der Waals surface area contributed by atoms with Gasteiger partial charge in [0.2, 0.25) is 0 Å². The van der Waals surface area contributed by atoms with Crippen LogP contribution in [0.5, 0.6) is 0 Å². The van der Waals surface area contributed by atoms with Crippen molar-refractivity contribution in [1.29, 1.82) is 0 Å². The fourth-order valence-corrected chi connectivity index (χ4v) is 1.36. The fraction of sp³-hybridized carbons (Fsp3) is 0.500. The normalized spacial score (nSPS) is 27.1. The molecule has 2 heteroatoms. The molecule has 2 atom stereocenters. The smallest absolute Gasteiger partial charge is 0.0271 e. The molecule has 1 aromatic heterocycles. The summed E-state index contributed by atoms with van der Waals surface area (Å²) in [5.41, 5.74) is 1.32. The molecule has 2 nitrogen and oxygen atoms in total. The Morgan fingerprint density at radius 3 is 2.75 bits per heavy atom. The predicted molar refractivity (Wildman–Crippen MR) is 48.6 cm³/mol. The van der Waals surface area contributed by atoms with E-state index in [2.05, 4.69) is 29.4 Å². The Kier molecular flexibility index (Phi) is 2.09. The van der Waals surface area contributed by atoms with Gasteiger partial charge in [-0.25, -0.2) is 0 Å². The Morgan fingerprint density at radius 2 is 2.17 bits per heavy atom. The van der Waals surface area contributed by atoms with E-state index >= 15 is 0 Å². The molecule has 0 radical (unpaired) electrons. The summed E-state index contributed by atoms with van der Waals surface area (Å²) in [5.74, 6) is 0.881. The molecule has 2 unspecified atom stereocenters. The van der Waals surface area contributed by atoms with Gasteiger partial charge in [-0.2, -0.15) is 0 Å². The first kappa shape index (κ1) is 7.74. The summed E-state index contributed by atoms with van der Waals surface area (Å²) >= 11 is 0. The lowest BCUT2D eigenvalue weighted by Crippen LogP contribution is -2.16. The quantitative estimate of drug-likeness (QED) is 0.730. The molecule has 1 aromatic rings. The van der Waals surface area contributed by atoms with E-state index in [1.165, 1.54) is 12.0 Å². The number of nitrogens with one attached hydrogen (secondary N) is 1. The largest absolute Gasteiger partial charge is 0.310 e. The summed E-state index contributed by atoms with van der Waals surface area (Å²) in [7, 11) is 0. The maximum absolute atomic E-state index is 3.98. The van der Waals surface area contributed by atoms with E-state index in [0.717, 1.165) is 18.5 Å². The summed E-state index contributed by atoms with van der Waals surface area (Å²) < 4.78 is 0. The van der Waals surface area contributed by atoms with Gasteiger partial charge in [0.15, 0.2) is 0 Å². The molecule has 12 heavy (non-hydrogen) atoms. The molecule has 0 saturated heterocycles. The van der Waals surface area contributed by atoms with Crippen LogP contribution in [0.25, 0.3) is 0 Å². The SMILES string of the molecule is CC1CC1NCc1ccncc1. The fourth-order valence-electron chi connectivity index (χ4n) is 1.36. The first-order valence-electron chi connectivity index (χ1n) is 4.48. The highest BCUT2D eigenvalue weighted by Gasteiger charge is 2.31. The molecule has 1 fully saturated rings. The van der Waals surface area contributed by atoms with Crippen LogP contribution in [0.15, 0.2) is 24.5 Å². The molecular formula is C10H14N2. The second-order valence-electron chi connectivity index (χ2n) is 3.56. The molecule has 2 rings (SSSR count). The Bertz CT molecular complexity index is 245. The molecule has 0 spiro atoms. The number of aromatic nitrogens is 1. The number of hydrogen-bond acceptors (Lipinski definition) is 2. The summed E-state index contributed by atoms with van der Waals surface area (Å²) in [6, 6.07) is 4.87. The van der Waals surface area contributed by atoms with Gasteiger partial charge in [-0.15, -0.1) is 0 Å². The molecule has 0 bridgehead atoms. The lowest BCUT2D eigenvalue weighted by atomic mass is 10.3. The van der Waals surface area contributed by atoms with Crippen molar-refractivity contribution in [3.8, 4) is 0 Å². The summed E-state index contributed by atoms with van der Waals surface area (Å²) in [6.45, 7) is 3.27. The Balaban J connectivity index is 1.80. The van der Waals surface area contributed by atoms with E-state index in [1.54, 1.807) is 0 Å². The van der Waals surface area contributed by atoms with Gasteiger partial charge in [-0.1, -0.05) is 6.92 Å².